The minimum Gasteiger partial charge on any atom is -0.379 e. The SMILES string of the molecule is CC(COCCC(=O)N1CCN(c2ncc(C3CC3)cn2)CC1C)Nc1cn[nH]c(=O)c1C(F)(F)F. The first-order valence-corrected chi connectivity index (χ1v) is 12.0. The van der Waals surface area contributed by atoms with Crippen molar-refractivity contribution in [2.45, 2.75) is 57.3 Å². The lowest BCUT2D eigenvalue weighted by Gasteiger charge is -2.40. The highest BCUT2D eigenvalue weighted by Crippen LogP contribution is 2.39. The average Bonchev–Trinajstić information content (AvgIpc) is 3.66. The molecule has 2 N–H and O–H groups in total. The van der Waals surface area contributed by atoms with Crippen LogP contribution < -0.4 is 15.8 Å². The van der Waals surface area contributed by atoms with E-state index in [1.165, 1.54) is 18.4 Å². The number of H-pyrrole nitrogens is 1. The van der Waals surface area contributed by atoms with Gasteiger partial charge in [0.25, 0.3) is 5.56 Å². The zero-order valence-corrected chi connectivity index (χ0v) is 20.2. The van der Waals surface area contributed by atoms with Gasteiger partial charge >= 0.3 is 6.18 Å². The molecule has 2 aromatic heterocycles. The Morgan fingerprint density at radius 2 is 1.97 bits per heavy atom. The van der Waals surface area contributed by atoms with Gasteiger partial charge in [-0.25, -0.2) is 15.1 Å². The van der Waals surface area contributed by atoms with E-state index in [1.807, 2.05) is 19.3 Å². The van der Waals surface area contributed by atoms with Crippen LogP contribution in [0.15, 0.2) is 23.4 Å². The summed E-state index contributed by atoms with van der Waals surface area (Å²) >= 11 is 0. The van der Waals surface area contributed by atoms with Crippen LogP contribution in [0, 0.1) is 0 Å². The molecule has 3 heterocycles. The molecular formula is C23H30F3N7O3. The Labute approximate surface area is 206 Å². The minimum absolute atomic E-state index is 0.0250. The molecule has 1 saturated heterocycles. The summed E-state index contributed by atoms with van der Waals surface area (Å²) < 4.78 is 45.0. The number of aromatic amines is 1. The van der Waals surface area contributed by atoms with Crippen LogP contribution in [0.3, 0.4) is 0 Å². The molecule has 13 heteroatoms. The van der Waals surface area contributed by atoms with Gasteiger partial charge in [-0.2, -0.15) is 18.3 Å². The lowest BCUT2D eigenvalue weighted by molar-refractivity contribution is -0.138. The Balaban J connectivity index is 1.20. The highest BCUT2D eigenvalue weighted by Gasteiger charge is 2.37. The van der Waals surface area contributed by atoms with Gasteiger partial charge in [-0.1, -0.05) is 0 Å². The predicted octanol–water partition coefficient (Wildman–Crippen LogP) is 2.40. The highest BCUT2D eigenvalue weighted by atomic mass is 19.4. The Morgan fingerprint density at radius 1 is 1.25 bits per heavy atom. The fourth-order valence-corrected chi connectivity index (χ4v) is 4.29. The molecule has 0 spiro atoms. The Kier molecular flexibility index (Phi) is 7.76. The number of hydrogen-bond donors (Lipinski definition) is 2. The number of aromatic nitrogens is 4. The number of rotatable bonds is 9. The van der Waals surface area contributed by atoms with Crippen LogP contribution >= 0.6 is 0 Å². The lowest BCUT2D eigenvalue weighted by atomic mass is 10.2. The van der Waals surface area contributed by atoms with Crippen LogP contribution in [-0.4, -0.2) is 75.9 Å². The molecular weight excluding hydrogens is 479 g/mol. The average molecular weight is 510 g/mol. The maximum absolute atomic E-state index is 13.2. The van der Waals surface area contributed by atoms with E-state index in [9.17, 15) is 22.8 Å². The topological polar surface area (TPSA) is 116 Å². The van der Waals surface area contributed by atoms with Crippen LogP contribution in [0.5, 0.6) is 0 Å². The standard InChI is InChI=1S/C23H30F3N7O3/c1-14(30-18-11-29-31-21(35)20(18)23(24,25)26)13-36-8-5-19(34)33-7-6-32(12-15(33)2)22-27-9-17(10-28-22)16-3-4-16/h9-11,14-16H,3-8,12-13H2,1-2H3,(H2,30,31,35). The van der Waals surface area contributed by atoms with Gasteiger partial charge in [0, 0.05) is 44.1 Å². The zero-order chi connectivity index (χ0) is 25.9. The first-order valence-electron chi connectivity index (χ1n) is 12.0. The molecule has 1 aliphatic carbocycles. The molecule has 2 unspecified atom stereocenters. The molecule has 2 aromatic rings. The lowest BCUT2D eigenvalue weighted by Crippen LogP contribution is -2.54. The molecule has 0 aromatic carbocycles. The number of anilines is 2. The fourth-order valence-electron chi connectivity index (χ4n) is 4.29. The summed E-state index contributed by atoms with van der Waals surface area (Å²) in [5, 5.41) is 7.83. The Bertz CT molecular complexity index is 1110. The summed E-state index contributed by atoms with van der Waals surface area (Å²) in [5.74, 6) is 1.23. The van der Waals surface area contributed by atoms with E-state index in [1.54, 1.807) is 16.9 Å². The number of nitrogens with zero attached hydrogens (tertiary/aromatic N) is 5. The Hall–Kier alpha value is -3.22. The van der Waals surface area contributed by atoms with Crippen molar-refractivity contribution in [1.82, 2.24) is 25.1 Å². The largest absolute Gasteiger partial charge is 0.423 e. The maximum atomic E-state index is 13.2. The molecule has 2 fully saturated rings. The van der Waals surface area contributed by atoms with Crippen molar-refractivity contribution >= 4 is 17.5 Å². The maximum Gasteiger partial charge on any atom is 0.423 e. The molecule has 2 atom stereocenters. The molecule has 196 valence electrons. The normalized spacial score (nSPS) is 19.3. The van der Waals surface area contributed by atoms with Crippen molar-refractivity contribution in [3.05, 3.63) is 40.1 Å². The van der Waals surface area contributed by atoms with Crippen LogP contribution in [0.4, 0.5) is 24.8 Å². The number of piperazine rings is 1. The molecule has 4 rings (SSSR count). The van der Waals surface area contributed by atoms with E-state index < -0.39 is 29.0 Å². The van der Waals surface area contributed by atoms with Gasteiger partial charge in [0.15, 0.2) is 0 Å². The number of hydrogen-bond acceptors (Lipinski definition) is 8. The number of amides is 1. The highest BCUT2D eigenvalue weighted by molar-refractivity contribution is 5.77. The quantitative estimate of drug-likeness (QED) is 0.495. The number of carbonyl (C=O) groups is 1. The first-order chi connectivity index (χ1) is 17.1. The molecule has 1 saturated carbocycles. The molecule has 1 amide bonds. The number of nitrogens with one attached hydrogen (secondary N) is 2. The monoisotopic (exact) mass is 509 g/mol. The van der Waals surface area contributed by atoms with Crippen molar-refractivity contribution in [2.24, 2.45) is 0 Å². The van der Waals surface area contributed by atoms with Crippen LogP contribution in [0.25, 0.3) is 0 Å². The van der Waals surface area contributed by atoms with E-state index in [2.05, 4.69) is 25.3 Å². The number of carbonyl (C=O) groups excluding carboxylic acids is 1. The molecule has 10 nitrogen and oxygen atoms in total. The fraction of sp³-hybridized carbons (Fsp3) is 0.609. The zero-order valence-electron chi connectivity index (χ0n) is 20.2. The van der Waals surface area contributed by atoms with Crippen molar-refractivity contribution < 1.29 is 22.7 Å². The van der Waals surface area contributed by atoms with Crippen molar-refractivity contribution in [3.8, 4) is 0 Å². The molecule has 0 bridgehead atoms. The van der Waals surface area contributed by atoms with Gasteiger partial charge in [-0.3, -0.25) is 9.59 Å². The van der Waals surface area contributed by atoms with Crippen LogP contribution in [0.2, 0.25) is 0 Å². The second-order valence-corrected chi connectivity index (χ2v) is 9.33. The summed E-state index contributed by atoms with van der Waals surface area (Å²) in [6.45, 7) is 5.57. The molecule has 1 aliphatic heterocycles. The Morgan fingerprint density at radius 3 is 2.61 bits per heavy atom. The van der Waals surface area contributed by atoms with Crippen molar-refractivity contribution in [2.75, 3.05) is 43.1 Å². The third-order valence-electron chi connectivity index (χ3n) is 6.31. The predicted molar refractivity (Wildman–Crippen MR) is 126 cm³/mol. The summed E-state index contributed by atoms with van der Waals surface area (Å²) in [7, 11) is 0. The minimum atomic E-state index is -4.82. The van der Waals surface area contributed by atoms with E-state index in [0.717, 1.165) is 6.20 Å². The number of ether oxygens (including phenoxy) is 1. The van der Waals surface area contributed by atoms with Crippen LogP contribution in [-0.2, 0) is 15.7 Å². The summed E-state index contributed by atoms with van der Waals surface area (Å²) in [4.78, 5) is 37.2. The number of halogens is 3. The molecule has 36 heavy (non-hydrogen) atoms. The molecule has 2 aliphatic rings. The second kappa shape index (κ2) is 10.8. The summed E-state index contributed by atoms with van der Waals surface area (Å²) in [6, 6.07) is -0.568. The van der Waals surface area contributed by atoms with Gasteiger partial charge in [-0.05, 0) is 38.2 Å². The summed E-state index contributed by atoms with van der Waals surface area (Å²) in [5.41, 5.74) is -1.89. The van der Waals surface area contributed by atoms with Gasteiger partial charge in [0.05, 0.1) is 31.5 Å². The smallest absolute Gasteiger partial charge is 0.379 e. The third kappa shape index (κ3) is 6.31. The summed E-state index contributed by atoms with van der Waals surface area (Å²) in [6.07, 6.45) is 2.44. The van der Waals surface area contributed by atoms with E-state index in [0.29, 0.717) is 31.5 Å². The second-order valence-electron chi connectivity index (χ2n) is 9.33. The van der Waals surface area contributed by atoms with E-state index in [4.69, 9.17) is 4.74 Å². The van der Waals surface area contributed by atoms with Gasteiger partial charge < -0.3 is 19.9 Å². The molecule has 0 radical (unpaired) electrons. The third-order valence-corrected chi connectivity index (χ3v) is 6.31. The van der Waals surface area contributed by atoms with Gasteiger partial charge in [0.1, 0.15) is 5.56 Å². The van der Waals surface area contributed by atoms with Gasteiger partial charge in [-0.15, -0.1) is 0 Å². The van der Waals surface area contributed by atoms with E-state index in [-0.39, 0.29) is 31.6 Å². The van der Waals surface area contributed by atoms with Crippen molar-refractivity contribution in [1.29, 1.82) is 0 Å². The van der Waals surface area contributed by atoms with Gasteiger partial charge in [0.2, 0.25) is 11.9 Å². The van der Waals surface area contributed by atoms with E-state index >= 15 is 0 Å². The van der Waals surface area contributed by atoms with Crippen LogP contribution in [0.1, 0.15) is 50.2 Å². The number of alkyl halides is 3. The first kappa shape index (κ1) is 25.9. The van der Waals surface area contributed by atoms with Crippen molar-refractivity contribution in [3.63, 3.8) is 0 Å².